The summed E-state index contributed by atoms with van der Waals surface area (Å²) in [5.41, 5.74) is 0.936. The third kappa shape index (κ3) is 7.52. The van der Waals surface area contributed by atoms with Crippen LogP contribution in [0.1, 0.15) is 32.3 Å². The van der Waals surface area contributed by atoms with Gasteiger partial charge in [-0.3, -0.25) is 4.79 Å². The summed E-state index contributed by atoms with van der Waals surface area (Å²) < 4.78 is 28.9. The van der Waals surface area contributed by atoms with E-state index >= 15 is 0 Å². The molecular weight excluding hydrogens is 364 g/mol. The predicted molar refractivity (Wildman–Crippen MR) is 105 cm³/mol. The standard InChI is InChI=1S/C19H28N4O3S/c1-16(2)14-22-27(25,26)18-7-4-17(5-8-18)6-9-19(24)21-10-3-12-23-13-11-20-15-23/h4-5,7-8,11,13,15-16,22H,3,6,9-10,12,14H2,1-2H3,(H,21,24). The highest BCUT2D eigenvalue weighted by Crippen LogP contribution is 2.12. The van der Waals surface area contributed by atoms with Gasteiger partial charge in [-0.15, -0.1) is 0 Å². The van der Waals surface area contributed by atoms with Gasteiger partial charge in [-0.25, -0.2) is 18.1 Å². The van der Waals surface area contributed by atoms with Crippen molar-refractivity contribution in [2.24, 2.45) is 5.92 Å². The molecule has 0 saturated carbocycles. The zero-order valence-electron chi connectivity index (χ0n) is 15.9. The molecule has 0 saturated heterocycles. The van der Waals surface area contributed by atoms with Crippen LogP contribution in [0.25, 0.3) is 0 Å². The lowest BCUT2D eigenvalue weighted by molar-refractivity contribution is -0.121. The van der Waals surface area contributed by atoms with Gasteiger partial charge in [0.05, 0.1) is 11.2 Å². The van der Waals surface area contributed by atoms with E-state index in [1.165, 1.54) is 0 Å². The second-order valence-electron chi connectivity index (χ2n) is 6.89. The SMILES string of the molecule is CC(C)CNS(=O)(=O)c1ccc(CCC(=O)NCCCn2ccnc2)cc1. The minimum Gasteiger partial charge on any atom is -0.356 e. The lowest BCUT2D eigenvalue weighted by atomic mass is 10.1. The number of carbonyl (C=O) groups excluding carboxylic acids is 1. The van der Waals surface area contributed by atoms with Crippen molar-refractivity contribution in [2.45, 2.75) is 44.6 Å². The van der Waals surface area contributed by atoms with Crippen molar-refractivity contribution < 1.29 is 13.2 Å². The number of hydrogen-bond donors (Lipinski definition) is 2. The van der Waals surface area contributed by atoms with Crippen molar-refractivity contribution in [2.75, 3.05) is 13.1 Å². The first kappa shape index (κ1) is 21.1. The maximum absolute atomic E-state index is 12.2. The highest BCUT2D eigenvalue weighted by Gasteiger charge is 2.14. The fourth-order valence-corrected chi connectivity index (χ4v) is 3.66. The smallest absolute Gasteiger partial charge is 0.240 e. The lowest BCUT2D eigenvalue weighted by Crippen LogP contribution is -2.27. The number of nitrogens with zero attached hydrogens (tertiary/aromatic N) is 2. The Balaban J connectivity index is 1.71. The normalized spacial score (nSPS) is 11.7. The van der Waals surface area contributed by atoms with Crippen molar-refractivity contribution in [3.05, 3.63) is 48.5 Å². The third-order valence-corrected chi connectivity index (χ3v) is 5.47. The van der Waals surface area contributed by atoms with Crippen LogP contribution in [0.2, 0.25) is 0 Å². The minimum atomic E-state index is -3.47. The molecule has 1 heterocycles. The van der Waals surface area contributed by atoms with Gasteiger partial charge in [0.1, 0.15) is 0 Å². The summed E-state index contributed by atoms with van der Waals surface area (Å²) in [5, 5.41) is 2.90. The monoisotopic (exact) mass is 392 g/mol. The Morgan fingerprint density at radius 3 is 2.59 bits per heavy atom. The van der Waals surface area contributed by atoms with E-state index in [-0.39, 0.29) is 16.7 Å². The number of sulfonamides is 1. The first-order valence-electron chi connectivity index (χ1n) is 9.18. The summed E-state index contributed by atoms with van der Waals surface area (Å²) in [4.78, 5) is 16.1. The van der Waals surface area contributed by atoms with Crippen LogP contribution in [0, 0.1) is 5.92 Å². The number of amides is 1. The maximum atomic E-state index is 12.2. The van der Waals surface area contributed by atoms with Gasteiger partial charge in [-0.2, -0.15) is 0 Å². The van der Waals surface area contributed by atoms with Crippen LogP contribution in [0.15, 0.2) is 47.9 Å². The molecule has 0 spiro atoms. The first-order valence-corrected chi connectivity index (χ1v) is 10.7. The van der Waals surface area contributed by atoms with E-state index < -0.39 is 10.0 Å². The zero-order chi connectivity index (χ0) is 19.7. The summed E-state index contributed by atoms with van der Waals surface area (Å²) in [7, 11) is -3.47. The van der Waals surface area contributed by atoms with E-state index in [0.717, 1.165) is 18.5 Å². The number of aromatic nitrogens is 2. The van der Waals surface area contributed by atoms with E-state index in [0.29, 0.717) is 25.9 Å². The quantitative estimate of drug-likeness (QED) is 0.572. The topological polar surface area (TPSA) is 93.1 Å². The average Bonchev–Trinajstić information content (AvgIpc) is 3.16. The largest absolute Gasteiger partial charge is 0.356 e. The van der Waals surface area contributed by atoms with Gasteiger partial charge in [0, 0.05) is 38.4 Å². The van der Waals surface area contributed by atoms with Crippen LogP contribution >= 0.6 is 0 Å². The maximum Gasteiger partial charge on any atom is 0.240 e. The Bertz CT molecular complexity index is 800. The van der Waals surface area contributed by atoms with Crippen molar-refractivity contribution in [1.82, 2.24) is 19.6 Å². The van der Waals surface area contributed by atoms with Gasteiger partial charge in [-0.1, -0.05) is 26.0 Å². The van der Waals surface area contributed by atoms with Crippen LogP contribution in [0.4, 0.5) is 0 Å². The van der Waals surface area contributed by atoms with Gasteiger partial charge in [0.15, 0.2) is 0 Å². The molecule has 0 aliphatic rings. The fraction of sp³-hybridized carbons (Fsp3) is 0.474. The summed E-state index contributed by atoms with van der Waals surface area (Å²) in [6.45, 7) is 5.75. The van der Waals surface area contributed by atoms with E-state index in [9.17, 15) is 13.2 Å². The van der Waals surface area contributed by atoms with Gasteiger partial charge in [-0.05, 0) is 36.5 Å². The number of carbonyl (C=O) groups is 1. The Kier molecular flexibility index (Phi) is 7.99. The van der Waals surface area contributed by atoms with Crippen LogP contribution in [0.5, 0.6) is 0 Å². The first-order chi connectivity index (χ1) is 12.9. The zero-order valence-corrected chi connectivity index (χ0v) is 16.7. The number of imidazole rings is 1. The molecule has 1 aromatic carbocycles. The molecule has 2 N–H and O–H groups in total. The van der Waals surface area contributed by atoms with Crippen molar-refractivity contribution >= 4 is 15.9 Å². The van der Waals surface area contributed by atoms with E-state index in [1.807, 2.05) is 24.6 Å². The Morgan fingerprint density at radius 2 is 1.96 bits per heavy atom. The molecule has 8 heteroatoms. The number of nitrogens with one attached hydrogen (secondary N) is 2. The highest BCUT2D eigenvalue weighted by atomic mass is 32.2. The summed E-state index contributed by atoms with van der Waals surface area (Å²) in [5.74, 6) is 0.244. The molecule has 0 fully saturated rings. The van der Waals surface area contributed by atoms with Gasteiger partial charge in [0.2, 0.25) is 15.9 Å². The molecule has 148 valence electrons. The van der Waals surface area contributed by atoms with Crippen LogP contribution < -0.4 is 10.0 Å². The van der Waals surface area contributed by atoms with E-state index in [4.69, 9.17) is 0 Å². The molecule has 0 aliphatic carbocycles. The summed E-state index contributed by atoms with van der Waals surface area (Å²) in [6.07, 6.45) is 7.18. The molecule has 0 radical (unpaired) electrons. The molecular formula is C19H28N4O3S. The molecule has 2 aromatic rings. The molecule has 0 unspecified atom stereocenters. The Morgan fingerprint density at radius 1 is 1.22 bits per heavy atom. The Labute approximate surface area is 161 Å². The molecule has 0 bridgehead atoms. The van der Waals surface area contributed by atoms with Crippen molar-refractivity contribution in [3.8, 4) is 0 Å². The highest BCUT2D eigenvalue weighted by molar-refractivity contribution is 7.89. The number of rotatable bonds is 11. The fourth-order valence-electron chi connectivity index (χ4n) is 2.45. The van der Waals surface area contributed by atoms with E-state index in [2.05, 4.69) is 15.0 Å². The Hall–Kier alpha value is -2.19. The second kappa shape index (κ2) is 10.2. The van der Waals surface area contributed by atoms with Gasteiger partial charge in [0.25, 0.3) is 0 Å². The number of aryl methyl sites for hydroxylation is 2. The summed E-state index contributed by atoms with van der Waals surface area (Å²) in [6, 6.07) is 6.69. The molecule has 27 heavy (non-hydrogen) atoms. The van der Waals surface area contributed by atoms with E-state index in [1.54, 1.807) is 36.8 Å². The van der Waals surface area contributed by atoms with Gasteiger partial charge >= 0.3 is 0 Å². The molecule has 1 amide bonds. The second-order valence-corrected chi connectivity index (χ2v) is 8.66. The average molecular weight is 393 g/mol. The predicted octanol–water partition coefficient (Wildman–Crippen LogP) is 1.96. The van der Waals surface area contributed by atoms with Crippen molar-refractivity contribution in [3.63, 3.8) is 0 Å². The van der Waals surface area contributed by atoms with Gasteiger partial charge < -0.3 is 9.88 Å². The third-order valence-electron chi connectivity index (χ3n) is 4.03. The molecule has 2 rings (SSSR count). The minimum absolute atomic E-state index is 0.00377. The molecule has 7 nitrogen and oxygen atoms in total. The van der Waals surface area contributed by atoms with Crippen molar-refractivity contribution in [1.29, 1.82) is 0 Å². The van der Waals surface area contributed by atoms with Crippen LogP contribution in [-0.4, -0.2) is 37.0 Å². The number of benzene rings is 1. The molecule has 1 aromatic heterocycles. The molecule has 0 aliphatic heterocycles. The van der Waals surface area contributed by atoms with Crippen LogP contribution in [-0.2, 0) is 27.8 Å². The molecule has 0 atom stereocenters. The number of hydrogen-bond acceptors (Lipinski definition) is 4. The summed E-state index contributed by atoms with van der Waals surface area (Å²) >= 11 is 0. The van der Waals surface area contributed by atoms with Crippen LogP contribution in [0.3, 0.4) is 0 Å². The lowest BCUT2D eigenvalue weighted by Gasteiger charge is -2.09.